The smallest absolute Gasteiger partial charge is 0.140 e. The van der Waals surface area contributed by atoms with E-state index in [1.165, 1.54) is 12.1 Å². The van der Waals surface area contributed by atoms with Crippen molar-refractivity contribution in [2.75, 3.05) is 0 Å². The summed E-state index contributed by atoms with van der Waals surface area (Å²) >= 11 is 7.48. The standard InChI is InChI=1S/C13H12ClFN2S/c1-2-10-7-12(14)17-13(16-10)8-18-11-5-3-9(15)4-6-11/h3-7H,2,8H2,1H3. The zero-order valence-corrected chi connectivity index (χ0v) is 11.4. The van der Waals surface area contributed by atoms with Crippen molar-refractivity contribution in [1.29, 1.82) is 0 Å². The number of benzene rings is 1. The molecule has 0 saturated heterocycles. The fourth-order valence-electron chi connectivity index (χ4n) is 1.44. The van der Waals surface area contributed by atoms with Crippen molar-refractivity contribution in [3.8, 4) is 0 Å². The van der Waals surface area contributed by atoms with Gasteiger partial charge in [-0.15, -0.1) is 11.8 Å². The average molecular weight is 283 g/mol. The van der Waals surface area contributed by atoms with Gasteiger partial charge in [-0.05, 0) is 36.8 Å². The minimum atomic E-state index is -0.230. The van der Waals surface area contributed by atoms with Gasteiger partial charge in [-0.25, -0.2) is 14.4 Å². The Bertz CT molecular complexity index is 531. The molecule has 1 aromatic heterocycles. The van der Waals surface area contributed by atoms with Crippen LogP contribution in [0.1, 0.15) is 18.4 Å². The Labute approximate surface area is 115 Å². The maximum atomic E-state index is 12.8. The van der Waals surface area contributed by atoms with Crippen LogP contribution in [-0.4, -0.2) is 9.97 Å². The molecule has 1 heterocycles. The van der Waals surface area contributed by atoms with Crippen molar-refractivity contribution >= 4 is 23.4 Å². The summed E-state index contributed by atoms with van der Waals surface area (Å²) in [4.78, 5) is 9.55. The predicted molar refractivity (Wildman–Crippen MR) is 72.4 cm³/mol. The van der Waals surface area contributed by atoms with Gasteiger partial charge in [0.05, 0.1) is 5.75 Å². The Balaban J connectivity index is 2.05. The molecule has 2 aromatic rings. The minimum Gasteiger partial charge on any atom is -0.237 e. The van der Waals surface area contributed by atoms with E-state index in [4.69, 9.17) is 11.6 Å². The van der Waals surface area contributed by atoms with Crippen LogP contribution in [0, 0.1) is 5.82 Å². The molecule has 0 fully saturated rings. The van der Waals surface area contributed by atoms with E-state index >= 15 is 0 Å². The van der Waals surface area contributed by atoms with Gasteiger partial charge in [0.1, 0.15) is 16.8 Å². The number of thioether (sulfide) groups is 1. The van der Waals surface area contributed by atoms with Gasteiger partial charge < -0.3 is 0 Å². The van der Waals surface area contributed by atoms with Gasteiger partial charge in [0.25, 0.3) is 0 Å². The molecule has 0 N–H and O–H groups in total. The maximum absolute atomic E-state index is 12.8. The quantitative estimate of drug-likeness (QED) is 0.623. The molecule has 0 amide bonds. The molecule has 0 unspecified atom stereocenters. The molecule has 2 nitrogen and oxygen atoms in total. The number of rotatable bonds is 4. The van der Waals surface area contributed by atoms with Gasteiger partial charge >= 0.3 is 0 Å². The second-order valence-corrected chi connectivity index (χ2v) is 5.13. The van der Waals surface area contributed by atoms with Crippen LogP contribution in [0.3, 0.4) is 0 Å². The highest BCUT2D eigenvalue weighted by Gasteiger charge is 2.03. The first-order valence-corrected chi connectivity index (χ1v) is 6.94. The third kappa shape index (κ3) is 3.68. The fraction of sp³-hybridized carbons (Fsp3) is 0.231. The first-order valence-electron chi connectivity index (χ1n) is 5.58. The molecule has 94 valence electrons. The zero-order valence-electron chi connectivity index (χ0n) is 9.86. The van der Waals surface area contributed by atoms with Crippen LogP contribution in [0.25, 0.3) is 0 Å². The SMILES string of the molecule is CCc1cc(Cl)nc(CSc2ccc(F)cc2)n1. The molecule has 5 heteroatoms. The molecule has 1 aromatic carbocycles. The highest BCUT2D eigenvalue weighted by molar-refractivity contribution is 7.98. The van der Waals surface area contributed by atoms with E-state index in [0.717, 1.165) is 17.0 Å². The van der Waals surface area contributed by atoms with Crippen LogP contribution in [0.2, 0.25) is 5.15 Å². The molecule has 0 spiro atoms. The molecule has 18 heavy (non-hydrogen) atoms. The number of hydrogen-bond donors (Lipinski definition) is 0. The van der Waals surface area contributed by atoms with E-state index in [1.807, 2.05) is 6.92 Å². The number of aryl methyl sites for hydroxylation is 1. The second kappa shape index (κ2) is 6.16. The minimum absolute atomic E-state index is 0.230. The molecule has 2 rings (SSSR count). The van der Waals surface area contributed by atoms with Crippen molar-refractivity contribution in [3.63, 3.8) is 0 Å². The van der Waals surface area contributed by atoms with Gasteiger partial charge in [0.2, 0.25) is 0 Å². The summed E-state index contributed by atoms with van der Waals surface area (Å²) in [6.45, 7) is 2.02. The Kier molecular flexibility index (Phi) is 4.55. The molecular weight excluding hydrogens is 271 g/mol. The monoisotopic (exact) mass is 282 g/mol. The van der Waals surface area contributed by atoms with Crippen molar-refractivity contribution < 1.29 is 4.39 Å². The number of aromatic nitrogens is 2. The molecule has 0 aliphatic carbocycles. The highest BCUT2D eigenvalue weighted by atomic mass is 35.5. The van der Waals surface area contributed by atoms with Crippen LogP contribution < -0.4 is 0 Å². The molecular formula is C13H12ClFN2S. The normalized spacial score (nSPS) is 10.6. The van der Waals surface area contributed by atoms with Crippen molar-refractivity contribution in [2.24, 2.45) is 0 Å². The van der Waals surface area contributed by atoms with Gasteiger partial charge in [-0.3, -0.25) is 0 Å². The van der Waals surface area contributed by atoms with E-state index in [-0.39, 0.29) is 5.82 Å². The molecule has 0 bridgehead atoms. The topological polar surface area (TPSA) is 25.8 Å². The van der Waals surface area contributed by atoms with Gasteiger partial charge in [0.15, 0.2) is 0 Å². The Hall–Kier alpha value is -1.13. The summed E-state index contributed by atoms with van der Waals surface area (Å²) in [5, 5.41) is 0.469. The first kappa shape index (κ1) is 13.3. The third-order valence-corrected chi connectivity index (χ3v) is 3.54. The first-order chi connectivity index (χ1) is 8.67. The van der Waals surface area contributed by atoms with Gasteiger partial charge in [-0.1, -0.05) is 18.5 Å². The van der Waals surface area contributed by atoms with E-state index in [9.17, 15) is 4.39 Å². The van der Waals surface area contributed by atoms with E-state index in [1.54, 1.807) is 30.0 Å². The lowest BCUT2D eigenvalue weighted by molar-refractivity contribution is 0.626. The van der Waals surface area contributed by atoms with Crippen LogP contribution in [-0.2, 0) is 12.2 Å². The second-order valence-electron chi connectivity index (χ2n) is 3.69. The highest BCUT2D eigenvalue weighted by Crippen LogP contribution is 2.22. The number of halogens is 2. The largest absolute Gasteiger partial charge is 0.237 e. The maximum Gasteiger partial charge on any atom is 0.140 e. The summed E-state index contributed by atoms with van der Waals surface area (Å²) in [6, 6.07) is 8.14. The Morgan fingerprint density at radius 1 is 1.22 bits per heavy atom. The van der Waals surface area contributed by atoms with Crippen molar-refractivity contribution in [2.45, 2.75) is 24.0 Å². The number of nitrogens with zero attached hydrogens (tertiary/aromatic N) is 2. The van der Waals surface area contributed by atoms with E-state index in [2.05, 4.69) is 9.97 Å². The number of hydrogen-bond acceptors (Lipinski definition) is 3. The summed E-state index contributed by atoms with van der Waals surface area (Å²) in [7, 11) is 0. The molecule has 0 aliphatic heterocycles. The van der Waals surface area contributed by atoms with Crippen LogP contribution in [0.15, 0.2) is 35.2 Å². The van der Waals surface area contributed by atoms with Crippen LogP contribution >= 0.6 is 23.4 Å². The summed E-state index contributed by atoms with van der Waals surface area (Å²) in [5.41, 5.74) is 0.935. The Morgan fingerprint density at radius 2 is 1.94 bits per heavy atom. The predicted octanol–water partition coefficient (Wildman–Crippen LogP) is 4.12. The Morgan fingerprint density at radius 3 is 2.61 bits per heavy atom. The summed E-state index contributed by atoms with van der Waals surface area (Å²) in [5.74, 6) is 1.10. The van der Waals surface area contributed by atoms with Crippen molar-refractivity contribution in [1.82, 2.24) is 9.97 Å². The lowest BCUT2D eigenvalue weighted by Crippen LogP contribution is -1.97. The third-order valence-electron chi connectivity index (χ3n) is 2.34. The van der Waals surface area contributed by atoms with Crippen LogP contribution in [0.4, 0.5) is 4.39 Å². The summed E-state index contributed by atoms with van der Waals surface area (Å²) < 4.78 is 12.8. The van der Waals surface area contributed by atoms with E-state index < -0.39 is 0 Å². The lowest BCUT2D eigenvalue weighted by Gasteiger charge is -2.03. The molecule has 0 atom stereocenters. The molecule has 0 radical (unpaired) electrons. The molecule has 0 aliphatic rings. The van der Waals surface area contributed by atoms with E-state index in [0.29, 0.717) is 16.7 Å². The molecule has 0 saturated carbocycles. The fourth-order valence-corrected chi connectivity index (χ4v) is 2.42. The lowest BCUT2D eigenvalue weighted by atomic mass is 10.3. The summed E-state index contributed by atoms with van der Waals surface area (Å²) in [6.07, 6.45) is 0.830. The average Bonchev–Trinajstić information content (AvgIpc) is 2.37. The van der Waals surface area contributed by atoms with Gasteiger partial charge in [0, 0.05) is 10.6 Å². The van der Waals surface area contributed by atoms with Crippen LogP contribution in [0.5, 0.6) is 0 Å². The van der Waals surface area contributed by atoms with Crippen molar-refractivity contribution in [3.05, 3.63) is 52.8 Å². The van der Waals surface area contributed by atoms with Gasteiger partial charge in [-0.2, -0.15) is 0 Å². The zero-order chi connectivity index (χ0) is 13.0.